The Balaban J connectivity index is 2.60. The van der Waals surface area contributed by atoms with Crippen LogP contribution in [0.4, 0.5) is 0 Å². The molecule has 9 heteroatoms. The van der Waals surface area contributed by atoms with Crippen molar-refractivity contribution in [3.05, 3.63) is 0 Å². The second-order valence-electron chi connectivity index (χ2n) is 0.608. The molecule has 0 heterocycles. The summed E-state index contributed by atoms with van der Waals surface area (Å²) in [5.41, 5.74) is 0. The van der Waals surface area contributed by atoms with Crippen molar-refractivity contribution in [2.45, 2.75) is 0 Å². The first-order valence-corrected chi connectivity index (χ1v) is 6.45. The summed E-state index contributed by atoms with van der Waals surface area (Å²) in [7, 11) is 10.4. The first kappa shape index (κ1) is 10.9. The highest BCUT2D eigenvalue weighted by molar-refractivity contribution is 8.30. The Labute approximate surface area is 79.9 Å². The molecule has 3 nitrogen and oxygen atoms in total. The number of halogens is 2. The van der Waals surface area contributed by atoms with E-state index in [2.05, 4.69) is 12.4 Å². The second kappa shape index (κ2) is 9.86. The van der Waals surface area contributed by atoms with Gasteiger partial charge in [0.15, 0.2) is 0 Å². The first-order chi connectivity index (χ1) is 4.41. The summed E-state index contributed by atoms with van der Waals surface area (Å²) in [6, 6.07) is 0. The number of hydrogen-bond donors (Lipinski definition) is 3. The second-order valence-corrected chi connectivity index (χ2v) is 4.25. The molecule has 0 aliphatic heterocycles. The maximum atomic E-state index is 5.20. The highest BCUT2D eigenvalue weighted by Gasteiger charge is 1.84. The van der Waals surface area contributed by atoms with Crippen molar-refractivity contribution in [2.75, 3.05) is 0 Å². The van der Waals surface area contributed by atoms with E-state index in [0.29, 0.717) is 0 Å². The molecule has 0 saturated heterocycles. The highest BCUT2D eigenvalue weighted by atomic mass is 35.7. The van der Waals surface area contributed by atoms with E-state index in [1.165, 1.54) is 24.3 Å². The van der Waals surface area contributed by atoms with Gasteiger partial charge in [0.1, 0.15) is 0 Å². The van der Waals surface area contributed by atoms with Gasteiger partial charge in [-0.25, -0.2) is 0 Å². The van der Waals surface area contributed by atoms with E-state index in [1.807, 2.05) is 0 Å². The van der Waals surface area contributed by atoms with Crippen LogP contribution in [0.5, 0.6) is 0 Å². The van der Waals surface area contributed by atoms with E-state index in [1.54, 1.807) is 0 Å². The Morgan fingerprint density at radius 2 is 1.22 bits per heavy atom. The average molecular weight is 244 g/mol. The summed E-state index contributed by atoms with van der Waals surface area (Å²) < 4.78 is 8.15. The molecular formula is H3Cl2N3S4. The Morgan fingerprint density at radius 1 is 0.778 bits per heavy atom. The molecule has 0 aliphatic rings. The number of rotatable bonds is 6. The van der Waals surface area contributed by atoms with Gasteiger partial charge >= 0.3 is 0 Å². The van der Waals surface area contributed by atoms with Crippen molar-refractivity contribution in [1.29, 1.82) is 0 Å². The summed E-state index contributed by atoms with van der Waals surface area (Å²) in [5.74, 6) is 0. The molecular weight excluding hydrogens is 241 g/mol. The first-order valence-electron chi connectivity index (χ1n) is 1.53. The molecule has 0 radical (unpaired) electrons. The molecule has 9 heavy (non-hydrogen) atoms. The Hall–Kier alpha value is 1.86. The molecule has 3 N–H and O–H groups in total. The third kappa shape index (κ3) is 9.86. The van der Waals surface area contributed by atoms with Gasteiger partial charge in [0.25, 0.3) is 0 Å². The fourth-order valence-corrected chi connectivity index (χ4v) is 1.96. The minimum absolute atomic E-state index is 1.00. The highest BCUT2D eigenvalue weighted by Crippen LogP contribution is 2.09. The smallest absolute Gasteiger partial charge is 0.0397 e. The van der Waals surface area contributed by atoms with Crippen LogP contribution in [-0.4, -0.2) is 0 Å². The minimum Gasteiger partial charge on any atom is -0.180 e. The molecule has 0 unspecified atom stereocenters. The molecule has 0 atom stereocenters. The van der Waals surface area contributed by atoms with E-state index in [4.69, 9.17) is 21.4 Å². The lowest BCUT2D eigenvalue weighted by molar-refractivity contribution is 1.60. The SMILES string of the molecule is ClSNSNSNSCl. The maximum Gasteiger partial charge on any atom is 0.0397 e. The lowest BCUT2D eigenvalue weighted by atomic mass is 13.8. The molecule has 0 aromatic carbocycles. The van der Waals surface area contributed by atoms with Crippen molar-refractivity contribution in [2.24, 2.45) is 0 Å². The van der Waals surface area contributed by atoms with Crippen molar-refractivity contribution in [3.63, 3.8) is 0 Å². The quantitative estimate of drug-likeness (QED) is 0.489. The van der Waals surface area contributed by atoms with Gasteiger partial charge in [0, 0.05) is 46.6 Å². The molecule has 0 saturated carbocycles. The summed E-state index contributed by atoms with van der Waals surface area (Å²) >= 11 is 4.51. The zero-order valence-corrected chi connectivity index (χ0v) is 8.67. The van der Waals surface area contributed by atoms with Gasteiger partial charge < -0.3 is 0 Å². The van der Waals surface area contributed by atoms with E-state index >= 15 is 0 Å². The van der Waals surface area contributed by atoms with Crippen LogP contribution in [0.3, 0.4) is 0 Å². The van der Waals surface area contributed by atoms with Crippen LogP contribution in [-0.2, 0) is 0 Å². The lowest BCUT2D eigenvalue weighted by Gasteiger charge is -1.97. The van der Waals surface area contributed by atoms with Crippen molar-refractivity contribution < 1.29 is 0 Å². The number of hydrogen-bond acceptors (Lipinski definition) is 7. The van der Waals surface area contributed by atoms with Crippen LogP contribution in [0.15, 0.2) is 0 Å². The Bertz CT molecular complexity index is 47.1. The van der Waals surface area contributed by atoms with Crippen LogP contribution >= 0.6 is 68.0 Å². The van der Waals surface area contributed by atoms with Crippen LogP contribution in [0, 0.1) is 0 Å². The topological polar surface area (TPSA) is 36.1 Å². The van der Waals surface area contributed by atoms with Gasteiger partial charge in [0.2, 0.25) is 0 Å². The predicted octanol–water partition coefficient (Wildman–Crippen LogP) is 2.49. The van der Waals surface area contributed by atoms with Gasteiger partial charge in [-0.15, -0.1) is 0 Å². The molecule has 0 aromatic rings. The Kier molecular flexibility index (Phi) is 11.9. The van der Waals surface area contributed by atoms with E-state index < -0.39 is 0 Å². The van der Waals surface area contributed by atoms with Crippen LogP contribution in [0.1, 0.15) is 0 Å². The van der Waals surface area contributed by atoms with Gasteiger partial charge in [-0.05, 0) is 21.4 Å². The van der Waals surface area contributed by atoms with Crippen molar-refractivity contribution in [1.82, 2.24) is 12.4 Å². The summed E-state index contributed by atoms with van der Waals surface area (Å²) in [6.45, 7) is 0. The number of nitrogens with one attached hydrogen (secondary N) is 3. The maximum absolute atomic E-state index is 5.20. The molecule has 0 rings (SSSR count). The van der Waals surface area contributed by atoms with Crippen molar-refractivity contribution in [3.8, 4) is 0 Å². The van der Waals surface area contributed by atoms with Gasteiger partial charge in [-0.1, -0.05) is 0 Å². The molecule has 0 aromatic heterocycles. The van der Waals surface area contributed by atoms with E-state index in [9.17, 15) is 0 Å². The van der Waals surface area contributed by atoms with Crippen LogP contribution in [0.2, 0.25) is 0 Å². The van der Waals surface area contributed by atoms with Crippen LogP contribution < -0.4 is 12.4 Å². The van der Waals surface area contributed by atoms with E-state index in [0.717, 1.165) is 22.3 Å². The predicted molar refractivity (Wildman–Crippen MR) is 51.5 cm³/mol. The zero-order chi connectivity index (χ0) is 6.95. The lowest BCUT2D eigenvalue weighted by Crippen LogP contribution is -2.02. The standard InChI is InChI=1S/Cl2H3N3S4/c1-6-3-8-5-9-4-7-2/h3-5H. The molecule has 0 aliphatic carbocycles. The van der Waals surface area contributed by atoms with Crippen LogP contribution in [0.25, 0.3) is 0 Å². The molecule has 56 valence electrons. The normalized spacial score (nSPS) is 10.0. The largest absolute Gasteiger partial charge is 0.180 e. The summed E-state index contributed by atoms with van der Waals surface area (Å²) in [5, 5.41) is 0. The summed E-state index contributed by atoms with van der Waals surface area (Å²) in [6.07, 6.45) is 0. The fourth-order valence-electron chi connectivity index (χ4n) is 0.0864. The van der Waals surface area contributed by atoms with Gasteiger partial charge in [-0.3, -0.25) is 0 Å². The third-order valence-electron chi connectivity index (χ3n) is 0.230. The monoisotopic (exact) mass is 243 g/mol. The minimum atomic E-state index is 1.00. The van der Waals surface area contributed by atoms with Crippen molar-refractivity contribution >= 4 is 68.0 Å². The third-order valence-corrected chi connectivity index (χ3v) is 3.20. The zero-order valence-electron chi connectivity index (χ0n) is 3.89. The van der Waals surface area contributed by atoms with Gasteiger partial charge in [0.05, 0.1) is 0 Å². The average Bonchev–Trinajstić information content (AvgIpc) is 1.89. The van der Waals surface area contributed by atoms with Gasteiger partial charge in [-0.2, -0.15) is 12.4 Å². The Morgan fingerprint density at radius 3 is 1.56 bits per heavy atom. The molecule has 0 bridgehead atoms. The summed E-state index contributed by atoms with van der Waals surface area (Å²) in [4.78, 5) is 0. The van der Waals surface area contributed by atoms with E-state index in [-0.39, 0.29) is 0 Å². The fraction of sp³-hybridized carbons (Fsp3) is 0. The molecule has 0 spiro atoms. The molecule has 0 amide bonds. The molecule has 0 fully saturated rings.